The average molecular weight is 355 g/mol. The Morgan fingerprint density at radius 3 is 2.59 bits per heavy atom. The molecular formula is C21H17N5O. The normalized spacial score (nSPS) is 11.1. The highest BCUT2D eigenvalue weighted by Crippen LogP contribution is 2.33. The minimum absolute atomic E-state index is 0.119. The van der Waals surface area contributed by atoms with Crippen LogP contribution in [-0.4, -0.2) is 15.3 Å². The van der Waals surface area contributed by atoms with Gasteiger partial charge in [0.25, 0.3) is 0 Å². The number of pyridine rings is 1. The number of carbonyl (C=O) groups is 1. The van der Waals surface area contributed by atoms with Crippen LogP contribution in [0.3, 0.4) is 0 Å². The Bertz CT molecular complexity index is 1130. The van der Waals surface area contributed by atoms with Crippen molar-refractivity contribution in [3.8, 4) is 11.3 Å². The zero-order valence-corrected chi connectivity index (χ0v) is 14.7. The second-order valence-electron chi connectivity index (χ2n) is 6.01. The molecular weight excluding hydrogens is 338 g/mol. The van der Waals surface area contributed by atoms with E-state index in [4.69, 9.17) is 4.98 Å². The molecule has 2 aromatic heterocycles. The van der Waals surface area contributed by atoms with E-state index in [1.54, 1.807) is 0 Å². The SMILES string of the molecule is CC(=O)Nc1cccc(-c2nc3ccccn3c2N=Nc2ccccc2)c1. The fourth-order valence-electron chi connectivity index (χ4n) is 2.82. The largest absolute Gasteiger partial charge is 0.326 e. The lowest BCUT2D eigenvalue weighted by Crippen LogP contribution is -2.05. The third kappa shape index (κ3) is 3.59. The number of nitrogens with one attached hydrogen (secondary N) is 1. The summed E-state index contributed by atoms with van der Waals surface area (Å²) in [5, 5.41) is 11.6. The standard InChI is InChI=1S/C21H17N5O/c1-15(27)22-18-11-7-8-16(14-18)20-21(25-24-17-9-3-2-4-10-17)26-13-6-5-12-19(26)23-20/h2-14H,1H3,(H,22,27). The van der Waals surface area contributed by atoms with E-state index >= 15 is 0 Å². The highest BCUT2D eigenvalue weighted by Gasteiger charge is 2.14. The molecule has 4 aromatic rings. The number of hydrogen-bond acceptors (Lipinski definition) is 4. The van der Waals surface area contributed by atoms with Crippen molar-refractivity contribution in [2.45, 2.75) is 6.92 Å². The van der Waals surface area contributed by atoms with Gasteiger partial charge in [-0.1, -0.05) is 36.4 Å². The van der Waals surface area contributed by atoms with Gasteiger partial charge in [-0.3, -0.25) is 9.20 Å². The molecule has 0 radical (unpaired) electrons. The van der Waals surface area contributed by atoms with E-state index < -0.39 is 0 Å². The van der Waals surface area contributed by atoms with Gasteiger partial charge in [0, 0.05) is 24.4 Å². The van der Waals surface area contributed by atoms with Crippen molar-refractivity contribution in [1.82, 2.24) is 9.38 Å². The Balaban J connectivity index is 1.83. The predicted molar refractivity (Wildman–Crippen MR) is 106 cm³/mol. The van der Waals surface area contributed by atoms with Gasteiger partial charge in [0.1, 0.15) is 11.3 Å². The third-order valence-electron chi connectivity index (χ3n) is 3.98. The van der Waals surface area contributed by atoms with Gasteiger partial charge >= 0.3 is 0 Å². The highest BCUT2D eigenvalue weighted by atomic mass is 16.1. The van der Waals surface area contributed by atoms with Crippen LogP contribution >= 0.6 is 0 Å². The average Bonchev–Trinajstić information content (AvgIpc) is 3.05. The van der Waals surface area contributed by atoms with Crippen molar-refractivity contribution in [3.63, 3.8) is 0 Å². The lowest BCUT2D eigenvalue weighted by Gasteiger charge is -2.04. The quantitative estimate of drug-likeness (QED) is 0.500. The van der Waals surface area contributed by atoms with Crippen molar-refractivity contribution >= 4 is 28.7 Å². The Hall–Kier alpha value is -3.80. The van der Waals surface area contributed by atoms with E-state index in [1.807, 2.05) is 83.4 Å². The van der Waals surface area contributed by atoms with E-state index in [2.05, 4.69) is 15.5 Å². The summed E-state index contributed by atoms with van der Waals surface area (Å²) in [5.41, 5.74) is 3.81. The molecule has 0 saturated heterocycles. The summed E-state index contributed by atoms with van der Waals surface area (Å²) in [5.74, 6) is 0.514. The van der Waals surface area contributed by atoms with Crippen LogP contribution in [0.25, 0.3) is 16.9 Å². The molecule has 0 aliphatic rings. The summed E-state index contributed by atoms with van der Waals surface area (Å²) < 4.78 is 1.90. The first-order valence-electron chi connectivity index (χ1n) is 8.52. The monoisotopic (exact) mass is 355 g/mol. The molecule has 0 atom stereocenters. The number of benzene rings is 2. The summed E-state index contributed by atoms with van der Waals surface area (Å²) in [6, 6.07) is 22.9. The number of rotatable bonds is 4. The van der Waals surface area contributed by atoms with E-state index in [0.29, 0.717) is 17.2 Å². The van der Waals surface area contributed by atoms with E-state index in [1.165, 1.54) is 6.92 Å². The number of fused-ring (bicyclic) bond motifs is 1. The van der Waals surface area contributed by atoms with Crippen molar-refractivity contribution in [2.75, 3.05) is 5.32 Å². The van der Waals surface area contributed by atoms with Crippen LogP contribution < -0.4 is 5.32 Å². The smallest absolute Gasteiger partial charge is 0.221 e. The summed E-state index contributed by atoms with van der Waals surface area (Å²) in [7, 11) is 0. The van der Waals surface area contributed by atoms with Crippen molar-refractivity contribution in [2.24, 2.45) is 10.2 Å². The number of hydrogen-bond donors (Lipinski definition) is 1. The fraction of sp³-hybridized carbons (Fsp3) is 0.0476. The van der Waals surface area contributed by atoms with Gasteiger partial charge < -0.3 is 5.32 Å². The molecule has 1 N–H and O–H groups in total. The zero-order chi connectivity index (χ0) is 18.6. The molecule has 2 aromatic carbocycles. The van der Waals surface area contributed by atoms with Crippen LogP contribution in [0.15, 0.2) is 89.2 Å². The molecule has 0 aliphatic carbocycles. The van der Waals surface area contributed by atoms with Crippen molar-refractivity contribution < 1.29 is 4.79 Å². The number of anilines is 1. The number of nitrogens with zero attached hydrogens (tertiary/aromatic N) is 4. The molecule has 27 heavy (non-hydrogen) atoms. The molecule has 0 spiro atoms. The molecule has 4 rings (SSSR count). The van der Waals surface area contributed by atoms with E-state index in [0.717, 1.165) is 16.9 Å². The Morgan fingerprint density at radius 1 is 0.963 bits per heavy atom. The number of carbonyl (C=O) groups excluding carboxylic acids is 1. The van der Waals surface area contributed by atoms with Crippen LogP contribution in [0.1, 0.15) is 6.92 Å². The highest BCUT2D eigenvalue weighted by molar-refractivity contribution is 5.90. The molecule has 0 fully saturated rings. The maximum absolute atomic E-state index is 11.4. The number of amides is 1. The van der Waals surface area contributed by atoms with Gasteiger partial charge in [0.15, 0.2) is 5.82 Å². The predicted octanol–water partition coefficient (Wildman–Crippen LogP) is 5.38. The first-order valence-corrected chi connectivity index (χ1v) is 8.52. The maximum atomic E-state index is 11.4. The first kappa shape index (κ1) is 16.7. The van der Waals surface area contributed by atoms with E-state index in [9.17, 15) is 4.79 Å². The molecule has 0 saturated carbocycles. The molecule has 1 amide bonds. The molecule has 0 aliphatic heterocycles. The summed E-state index contributed by atoms with van der Waals surface area (Å²) in [4.78, 5) is 16.1. The van der Waals surface area contributed by atoms with Gasteiger partial charge in [-0.05, 0) is 36.4 Å². The summed E-state index contributed by atoms with van der Waals surface area (Å²) in [6.45, 7) is 1.48. The van der Waals surface area contributed by atoms with Crippen LogP contribution in [0, 0.1) is 0 Å². The maximum Gasteiger partial charge on any atom is 0.221 e. The van der Waals surface area contributed by atoms with Gasteiger partial charge in [-0.15, -0.1) is 10.2 Å². The number of aromatic nitrogens is 2. The van der Waals surface area contributed by atoms with Crippen LogP contribution in [0.4, 0.5) is 17.2 Å². The lowest BCUT2D eigenvalue weighted by atomic mass is 10.1. The first-order chi connectivity index (χ1) is 13.2. The molecule has 6 nitrogen and oxygen atoms in total. The molecule has 132 valence electrons. The minimum atomic E-state index is -0.119. The minimum Gasteiger partial charge on any atom is -0.326 e. The van der Waals surface area contributed by atoms with E-state index in [-0.39, 0.29) is 5.91 Å². The second-order valence-corrected chi connectivity index (χ2v) is 6.01. The molecule has 6 heteroatoms. The molecule has 0 bridgehead atoms. The van der Waals surface area contributed by atoms with Gasteiger partial charge in [-0.2, -0.15) is 0 Å². The molecule has 2 heterocycles. The number of imidazole rings is 1. The van der Waals surface area contributed by atoms with Crippen molar-refractivity contribution in [3.05, 3.63) is 79.0 Å². The van der Waals surface area contributed by atoms with Crippen LogP contribution in [-0.2, 0) is 4.79 Å². The molecule has 0 unspecified atom stereocenters. The third-order valence-corrected chi connectivity index (χ3v) is 3.98. The fourth-order valence-corrected chi connectivity index (χ4v) is 2.82. The van der Waals surface area contributed by atoms with Crippen LogP contribution in [0.2, 0.25) is 0 Å². The summed E-state index contributed by atoms with van der Waals surface area (Å²) in [6.07, 6.45) is 1.91. The number of azo groups is 1. The second kappa shape index (κ2) is 7.21. The van der Waals surface area contributed by atoms with Crippen molar-refractivity contribution in [1.29, 1.82) is 0 Å². The Morgan fingerprint density at radius 2 is 1.78 bits per heavy atom. The zero-order valence-electron chi connectivity index (χ0n) is 14.7. The Kier molecular flexibility index (Phi) is 4.45. The van der Waals surface area contributed by atoms with Crippen LogP contribution in [0.5, 0.6) is 0 Å². The topological polar surface area (TPSA) is 71.1 Å². The van der Waals surface area contributed by atoms with Gasteiger partial charge in [0.2, 0.25) is 5.91 Å². The lowest BCUT2D eigenvalue weighted by molar-refractivity contribution is -0.114. The van der Waals surface area contributed by atoms with Gasteiger partial charge in [-0.25, -0.2) is 4.98 Å². The summed E-state index contributed by atoms with van der Waals surface area (Å²) >= 11 is 0. The van der Waals surface area contributed by atoms with Gasteiger partial charge in [0.05, 0.1) is 5.69 Å². The Labute approximate surface area is 156 Å².